The fraction of sp³-hybridized carbons (Fsp3) is 0.375. The highest BCUT2D eigenvalue weighted by Crippen LogP contribution is 2.38. The van der Waals surface area contributed by atoms with Crippen LogP contribution in [-0.4, -0.2) is 49.2 Å². The molecular weight excluding hydrogens is 477 g/mol. The highest BCUT2D eigenvalue weighted by atomic mass is 19.4. The summed E-state index contributed by atoms with van der Waals surface area (Å²) in [6.45, 7) is 2.66. The maximum Gasteiger partial charge on any atom is 0.418 e. The number of rotatable bonds is 6. The van der Waals surface area contributed by atoms with Gasteiger partial charge in [-0.15, -0.1) is 0 Å². The molecule has 192 valence electrons. The maximum absolute atomic E-state index is 13.4. The number of alkyl halides is 3. The number of nitrogens with zero attached hydrogens (tertiary/aromatic N) is 3. The number of carbonyl (C=O) groups excluding carboxylic acids is 1. The van der Waals surface area contributed by atoms with E-state index in [1.54, 1.807) is 12.1 Å². The van der Waals surface area contributed by atoms with Crippen LogP contribution in [0, 0.1) is 0 Å². The van der Waals surface area contributed by atoms with Crippen molar-refractivity contribution < 1.29 is 27.4 Å². The van der Waals surface area contributed by atoms with Crippen LogP contribution < -0.4 is 30.7 Å². The maximum atomic E-state index is 13.4. The summed E-state index contributed by atoms with van der Waals surface area (Å²) in [6.07, 6.45) is -2.96. The Morgan fingerprint density at radius 3 is 2.53 bits per heavy atom. The number of ether oxygens (including phenoxy) is 2. The molecule has 1 saturated heterocycles. The molecule has 0 bridgehead atoms. The number of methoxy groups -OCH3 is 2. The molecule has 36 heavy (non-hydrogen) atoms. The van der Waals surface area contributed by atoms with Crippen LogP contribution in [0.2, 0.25) is 0 Å². The summed E-state index contributed by atoms with van der Waals surface area (Å²) in [5, 5.41) is 6.50. The van der Waals surface area contributed by atoms with Gasteiger partial charge in [0.05, 0.1) is 25.3 Å². The number of aromatic nitrogens is 2. The number of hydrogen-bond donors (Lipinski definition) is 3. The van der Waals surface area contributed by atoms with Crippen LogP contribution in [0.15, 0.2) is 30.3 Å². The van der Waals surface area contributed by atoms with Gasteiger partial charge < -0.3 is 30.7 Å². The largest absolute Gasteiger partial charge is 0.493 e. The zero-order chi connectivity index (χ0) is 26.0. The van der Waals surface area contributed by atoms with Crippen molar-refractivity contribution >= 4 is 40.0 Å². The Kier molecular flexibility index (Phi) is 6.95. The van der Waals surface area contributed by atoms with E-state index in [0.29, 0.717) is 41.3 Å². The average Bonchev–Trinajstić information content (AvgIpc) is 2.83. The fourth-order valence-electron chi connectivity index (χ4n) is 4.32. The molecule has 1 fully saturated rings. The monoisotopic (exact) mass is 504 g/mol. The molecule has 2 heterocycles. The number of anilines is 4. The van der Waals surface area contributed by atoms with Crippen molar-refractivity contribution in [2.75, 3.05) is 43.3 Å². The number of nitrogen functional groups attached to an aromatic ring is 1. The number of fused-ring (bicyclic) bond motifs is 1. The van der Waals surface area contributed by atoms with E-state index >= 15 is 0 Å². The third-order valence-corrected chi connectivity index (χ3v) is 5.92. The third kappa shape index (κ3) is 5.31. The van der Waals surface area contributed by atoms with Gasteiger partial charge in [0.2, 0.25) is 11.9 Å². The molecule has 0 aliphatic carbocycles. The number of halogens is 3. The summed E-state index contributed by atoms with van der Waals surface area (Å²) in [4.78, 5) is 22.8. The second-order valence-electron chi connectivity index (χ2n) is 8.51. The molecule has 3 aromatic rings. The van der Waals surface area contributed by atoms with E-state index in [2.05, 4.69) is 20.6 Å². The molecule has 9 nitrogen and oxygen atoms in total. The summed E-state index contributed by atoms with van der Waals surface area (Å²) in [5.41, 5.74) is 4.85. The van der Waals surface area contributed by atoms with Gasteiger partial charge in [-0.1, -0.05) is 0 Å². The Hall–Kier alpha value is -3.96. The smallest absolute Gasteiger partial charge is 0.418 e. The topological polar surface area (TPSA) is 115 Å². The van der Waals surface area contributed by atoms with Crippen molar-refractivity contribution in [2.45, 2.75) is 32.0 Å². The first-order valence-corrected chi connectivity index (χ1v) is 11.3. The zero-order valence-corrected chi connectivity index (χ0v) is 20.1. The minimum Gasteiger partial charge on any atom is -0.493 e. The van der Waals surface area contributed by atoms with Gasteiger partial charge in [-0.3, -0.25) is 4.79 Å². The lowest BCUT2D eigenvalue weighted by molar-refractivity contribution is -0.136. The molecule has 0 unspecified atom stereocenters. The predicted molar refractivity (Wildman–Crippen MR) is 131 cm³/mol. The zero-order valence-electron chi connectivity index (χ0n) is 20.1. The van der Waals surface area contributed by atoms with Crippen molar-refractivity contribution in [1.82, 2.24) is 15.3 Å². The number of nitrogens with one attached hydrogen (secondary N) is 2. The Bertz CT molecular complexity index is 1280. The lowest BCUT2D eigenvalue weighted by Gasteiger charge is -2.34. The second kappa shape index (κ2) is 9.96. The van der Waals surface area contributed by atoms with Gasteiger partial charge in [0, 0.05) is 48.9 Å². The lowest BCUT2D eigenvalue weighted by atomic mass is 10.0. The van der Waals surface area contributed by atoms with Gasteiger partial charge in [-0.05, 0) is 37.1 Å². The number of nitrogens with two attached hydrogens (primary N) is 1. The van der Waals surface area contributed by atoms with E-state index in [-0.39, 0.29) is 29.3 Å². The Balaban J connectivity index is 1.80. The van der Waals surface area contributed by atoms with E-state index < -0.39 is 11.7 Å². The molecule has 1 aliphatic heterocycles. The van der Waals surface area contributed by atoms with Crippen molar-refractivity contribution in [3.63, 3.8) is 0 Å². The normalized spacial score (nSPS) is 16.1. The number of benzene rings is 2. The van der Waals surface area contributed by atoms with Gasteiger partial charge in [0.15, 0.2) is 11.5 Å². The highest BCUT2D eigenvalue weighted by Gasteiger charge is 2.33. The van der Waals surface area contributed by atoms with Gasteiger partial charge >= 0.3 is 6.18 Å². The molecule has 1 atom stereocenters. The van der Waals surface area contributed by atoms with Crippen molar-refractivity contribution in [3.05, 3.63) is 35.9 Å². The van der Waals surface area contributed by atoms with Crippen LogP contribution in [0.3, 0.4) is 0 Å². The number of piperidine rings is 1. The number of amides is 1. The van der Waals surface area contributed by atoms with Crippen molar-refractivity contribution in [2.24, 2.45) is 0 Å². The molecule has 0 radical (unpaired) electrons. The average molecular weight is 505 g/mol. The van der Waals surface area contributed by atoms with Gasteiger partial charge in [0.25, 0.3) is 0 Å². The third-order valence-electron chi connectivity index (χ3n) is 5.92. The van der Waals surface area contributed by atoms with Crippen LogP contribution in [0.1, 0.15) is 25.3 Å². The summed E-state index contributed by atoms with van der Waals surface area (Å²) < 4.78 is 51.0. The number of hydrogen-bond acceptors (Lipinski definition) is 8. The Labute approximate surface area is 205 Å². The Morgan fingerprint density at radius 1 is 1.14 bits per heavy atom. The Morgan fingerprint density at radius 2 is 1.86 bits per heavy atom. The predicted octanol–water partition coefficient (Wildman–Crippen LogP) is 4.10. The summed E-state index contributed by atoms with van der Waals surface area (Å²) in [6, 6.07) is 6.92. The first-order valence-electron chi connectivity index (χ1n) is 11.3. The summed E-state index contributed by atoms with van der Waals surface area (Å²) in [5.74, 6) is 1.47. The molecule has 4 N–H and O–H groups in total. The summed E-state index contributed by atoms with van der Waals surface area (Å²) >= 11 is 0. The van der Waals surface area contributed by atoms with Crippen molar-refractivity contribution in [3.8, 4) is 11.5 Å². The minimum absolute atomic E-state index is 0.0655. The quantitative estimate of drug-likeness (QED) is 0.430. The van der Waals surface area contributed by atoms with Crippen LogP contribution in [-0.2, 0) is 11.0 Å². The van der Waals surface area contributed by atoms with E-state index in [4.69, 9.17) is 15.2 Å². The fourth-order valence-corrected chi connectivity index (χ4v) is 4.32. The van der Waals surface area contributed by atoms with Gasteiger partial charge in [-0.25, -0.2) is 4.98 Å². The van der Waals surface area contributed by atoms with Gasteiger partial charge in [-0.2, -0.15) is 18.2 Å². The van der Waals surface area contributed by atoms with Crippen LogP contribution in [0.25, 0.3) is 10.9 Å². The highest BCUT2D eigenvalue weighted by molar-refractivity contribution is 5.93. The van der Waals surface area contributed by atoms with E-state index in [0.717, 1.165) is 18.9 Å². The summed E-state index contributed by atoms with van der Waals surface area (Å²) in [7, 11) is 3.02. The van der Waals surface area contributed by atoms with Crippen LogP contribution in [0.4, 0.5) is 36.3 Å². The number of carbonyl (C=O) groups is 1. The molecule has 1 aliphatic rings. The molecule has 1 aromatic heterocycles. The van der Waals surface area contributed by atoms with E-state index in [9.17, 15) is 18.0 Å². The first-order chi connectivity index (χ1) is 17.1. The second-order valence-corrected chi connectivity index (χ2v) is 8.51. The van der Waals surface area contributed by atoms with E-state index in [1.165, 1.54) is 33.3 Å². The molecule has 12 heteroatoms. The first kappa shape index (κ1) is 25.1. The van der Waals surface area contributed by atoms with Crippen LogP contribution >= 0.6 is 0 Å². The molecular formula is C24H27F3N6O3. The minimum atomic E-state index is -4.60. The SMILES string of the molecule is COc1cc2nc(Nc3ccc(N)c(C(F)(F)F)c3)nc(N3CCC[C@@H](NC(C)=O)C3)c2cc1OC. The van der Waals surface area contributed by atoms with Crippen molar-refractivity contribution in [1.29, 1.82) is 0 Å². The standard InChI is InChI=1S/C24H27F3N6O3/c1-13(34)29-15-5-4-8-33(12-15)22-16-10-20(35-2)21(36-3)11-19(16)31-23(32-22)30-14-6-7-18(28)17(9-14)24(25,26)27/h6-7,9-11,15H,4-5,8,12,28H2,1-3H3,(H,29,34)(H,30,31,32)/t15-/m1/s1. The molecule has 0 spiro atoms. The van der Waals surface area contributed by atoms with Gasteiger partial charge in [0.1, 0.15) is 5.82 Å². The molecule has 4 rings (SSSR count). The molecule has 2 aromatic carbocycles. The van der Waals surface area contributed by atoms with Crippen LogP contribution in [0.5, 0.6) is 11.5 Å². The van der Waals surface area contributed by atoms with E-state index in [1.807, 2.05) is 4.90 Å². The molecule has 0 saturated carbocycles. The lowest BCUT2D eigenvalue weighted by Crippen LogP contribution is -2.47. The molecule has 1 amide bonds.